The fraction of sp³-hybridized carbons (Fsp3) is 0.630. The number of methoxy groups -OCH3 is 1. The lowest BCUT2D eigenvalue weighted by Gasteiger charge is -2.45. The van der Waals surface area contributed by atoms with E-state index in [9.17, 15) is 19.2 Å². The Morgan fingerprint density at radius 3 is 2.22 bits per heavy atom. The SMILES string of the molecule is CCC(C)(C)N(C(=O)C(CCSC)NC(=O)OC(C)(C)C)C(C(=O)NCC(=O)OC)c1ccccc1C. The molecule has 0 aromatic heterocycles. The molecule has 0 bridgehead atoms. The van der Waals surface area contributed by atoms with E-state index in [0.29, 0.717) is 24.2 Å². The molecule has 1 rings (SSSR count). The first-order chi connectivity index (χ1) is 17.2. The van der Waals surface area contributed by atoms with Gasteiger partial charge in [-0.05, 0) is 77.5 Å². The zero-order valence-corrected chi connectivity index (χ0v) is 24.4. The first kappa shape index (κ1) is 32.3. The van der Waals surface area contributed by atoms with Gasteiger partial charge in [-0.1, -0.05) is 31.2 Å². The number of esters is 1. The molecule has 2 atom stereocenters. The van der Waals surface area contributed by atoms with Crippen molar-refractivity contribution in [3.05, 3.63) is 35.4 Å². The second kappa shape index (κ2) is 14.3. The number of carbonyl (C=O) groups excluding carboxylic acids is 4. The van der Waals surface area contributed by atoms with E-state index in [1.165, 1.54) is 12.0 Å². The van der Waals surface area contributed by atoms with Crippen molar-refractivity contribution in [2.24, 2.45) is 0 Å². The van der Waals surface area contributed by atoms with Gasteiger partial charge in [0, 0.05) is 5.54 Å². The van der Waals surface area contributed by atoms with Gasteiger partial charge in [0.25, 0.3) is 0 Å². The molecule has 3 amide bonds. The number of nitrogens with zero attached hydrogens (tertiary/aromatic N) is 1. The lowest BCUT2D eigenvalue weighted by atomic mass is 9.90. The molecule has 1 aromatic carbocycles. The van der Waals surface area contributed by atoms with Gasteiger partial charge < -0.3 is 25.0 Å². The number of rotatable bonds is 12. The van der Waals surface area contributed by atoms with E-state index in [2.05, 4.69) is 15.4 Å². The van der Waals surface area contributed by atoms with Crippen molar-refractivity contribution < 1.29 is 28.7 Å². The van der Waals surface area contributed by atoms with Crippen LogP contribution in [-0.4, -0.2) is 71.6 Å². The van der Waals surface area contributed by atoms with Crippen LogP contribution in [0.3, 0.4) is 0 Å². The summed E-state index contributed by atoms with van der Waals surface area (Å²) in [6.07, 6.45) is 2.09. The number of benzene rings is 1. The molecule has 0 radical (unpaired) electrons. The number of alkyl carbamates (subject to hydrolysis) is 1. The summed E-state index contributed by atoms with van der Waals surface area (Å²) in [4.78, 5) is 53.9. The zero-order valence-electron chi connectivity index (χ0n) is 23.6. The average molecular weight is 538 g/mol. The Hall–Kier alpha value is -2.75. The molecule has 0 spiro atoms. The molecule has 9 nitrogen and oxygen atoms in total. The minimum atomic E-state index is -1.05. The maximum atomic E-state index is 14.3. The molecule has 0 fully saturated rings. The van der Waals surface area contributed by atoms with E-state index >= 15 is 0 Å². The van der Waals surface area contributed by atoms with Gasteiger partial charge in [-0.2, -0.15) is 11.8 Å². The first-order valence-electron chi connectivity index (χ1n) is 12.4. The highest BCUT2D eigenvalue weighted by Crippen LogP contribution is 2.34. The standard InChI is InChI=1S/C27H43N3O6S/c1-10-27(6,7)30(24(33)20(15-16-37-9)29-25(34)36-26(3,4)5)22(19-14-12-11-13-18(19)2)23(32)28-17-21(31)35-8/h11-14,20,22H,10,15-17H2,1-9H3,(H,28,32)(H,29,34). The predicted molar refractivity (Wildman–Crippen MR) is 146 cm³/mol. The van der Waals surface area contributed by atoms with Crippen molar-refractivity contribution in [3.63, 3.8) is 0 Å². The van der Waals surface area contributed by atoms with Gasteiger partial charge in [0.1, 0.15) is 24.2 Å². The van der Waals surface area contributed by atoms with E-state index in [1.54, 1.807) is 44.7 Å². The molecule has 0 aliphatic heterocycles. The van der Waals surface area contributed by atoms with Crippen molar-refractivity contribution in [2.75, 3.05) is 25.7 Å². The van der Waals surface area contributed by atoms with Gasteiger partial charge in [0.05, 0.1) is 7.11 Å². The van der Waals surface area contributed by atoms with Crippen LogP contribution in [0, 0.1) is 6.92 Å². The van der Waals surface area contributed by atoms with E-state index < -0.39 is 47.1 Å². The summed E-state index contributed by atoms with van der Waals surface area (Å²) in [6, 6.07) is 5.33. The molecule has 0 aliphatic rings. The van der Waals surface area contributed by atoms with Gasteiger partial charge in [-0.3, -0.25) is 14.4 Å². The molecule has 37 heavy (non-hydrogen) atoms. The van der Waals surface area contributed by atoms with Crippen LogP contribution >= 0.6 is 11.8 Å². The number of amides is 3. The fourth-order valence-electron chi connectivity index (χ4n) is 3.68. The number of nitrogens with one attached hydrogen (secondary N) is 2. The number of hydrogen-bond donors (Lipinski definition) is 2. The minimum absolute atomic E-state index is 0.335. The Morgan fingerprint density at radius 1 is 1.08 bits per heavy atom. The molecule has 0 saturated heterocycles. The summed E-state index contributed by atoms with van der Waals surface area (Å²) in [5.41, 5.74) is -0.0801. The normalized spacial score (nSPS) is 13.2. The molecule has 0 heterocycles. The van der Waals surface area contributed by atoms with Crippen LogP contribution in [-0.2, 0) is 23.9 Å². The van der Waals surface area contributed by atoms with Gasteiger partial charge in [-0.15, -0.1) is 0 Å². The molecule has 2 N–H and O–H groups in total. The Kier molecular flexibility index (Phi) is 12.4. The molecule has 10 heteroatoms. The summed E-state index contributed by atoms with van der Waals surface area (Å²) >= 11 is 1.55. The van der Waals surface area contributed by atoms with Crippen LogP contribution in [0.1, 0.15) is 71.6 Å². The Balaban J connectivity index is 3.61. The van der Waals surface area contributed by atoms with Gasteiger partial charge in [0.15, 0.2) is 0 Å². The topological polar surface area (TPSA) is 114 Å². The highest BCUT2D eigenvalue weighted by Gasteiger charge is 2.43. The number of carbonyl (C=O) groups is 4. The van der Waals surface area contributed by atoms with E-state index in [-0.39, 0.29) is 6.54 Å². The van der Waals surface area contributed by atoms with Crippen LogP contribution in [0.5, 0.6) is 0 Å². The van der Waals surface area contributed by atoms with Gasteiger partial charge in [-0.25, -0.2) is 4.79 Å². The van der Waals surface area contributed by atoms with Crippen molar-refractivity contribution in [1.29, 1.82) is 0 Å². The third-order valence-electron chi connectivity index (χ3n) is 5.98. The molecule has 0 saturated carbocycles. The van der Waals surface area contributed by atoms with Crippen LogP contribution in [0.25, 0.3) is 0 Å². The third kappa shape index (κ3) is 9.91. The Bertz CT molecular complexity index is 944. The Morgan fingerprint density at radius 2 is 1.70 bits per heavy atom. The van der Waals surface area contributed by atoms with Gasteiger partial charge in [0.2, 0.25) is 11.8 Å². The lowest BCUT2D eigenvalue weighted by molar-refractivity contribution is -0.150. The molecule has 1 aromatic rings. The third-order valence-corrected chi connectivity index (χ3v) is 6.62. The minimum Gasteiger partial charge on any atom is -0.468 e. The average Bonchev–Trinajstić information content (AvgIpc) is 2.82. The maximum absolute atomic E-state index is 14.3. The first-order valence-corrected chi connectivity index (χ1v) is 13.8. The van der Waals surface area contributed by atoms with Crippen LogP contribution < -0.4 is 10.6 Å². The number of hydrogen-bond acceptors (Lipinski definition) is 7. The van der Waals surface area contributed by atoms with Crippen molar-refractivity contribution in [2.45, 2.75) is 84.5 Å². The highest BCUT2D eigenvalue weighted by atomic mass is 32.2. The van der Waals surface area contributed by atoms with Crippen molar-refractivity contribution in [3.8, 4) is 0 Å². The summed E-state index contributed by atoms with van der Waals surface area (Å²) in [5.74, 6) is -0.923. The van der Waals surface area contributed by atoms with E-state index in [4.69, 9.17) is 4.74 Å². The summed E-state index contributed by atoms with van der Waals surface area (Å²) in [5, 5.41) is 5.35. The van der Waals surface area contributed by atoms with Gasteiger partial charge >= 0.3 is 12.1 Å². The number of ether oxygens (including phenoxy) is 2. The van der Waals surface area contributed by atoms with Crippen molar-refractivity contribution >= 4 is 35.6 Å². The molecular weight excluding hydrogens is 494 g/mol. The molecule has 0 aliphatic carbocycles. The van der Waals surface area contributed by atoms with Crippen LogP contribution in [0.15, 0.2) is 24.3 Å². The second-order valence-corrected chi connectivity index (χ2v) is 11.4. The smallest absolute Gasteiger partial charge is 0.408 e. The quantitative estimate of drug-likeness (QED) is 0.388. The summed E-state index contributed by atoms with van der Waals surface area (Å²) in [6.45, 7) is 12.5. The van der Waals surface area contributed by atoms with E-state index in [0.717, 1.165) is 5.56 Å². The maximum Gasteiger partial charge on any atom is 0.408 e. The van der Waals surface area contributed by atoms with E-state index in [1.807, 2.05) is 46.1 Å². The number of thioether (sulfide) groups is 1. The highest BCUT2D eigenvalue weighted by molar-refractivity contribution is 7.98. The monoisotopic (exact) mass is 537 g/mol. The Labute approximate surface area is 225 Å². The molecular formula is C27H43N3O6S. The summed E-state index contributed by atoms with van der Waals surface area (Å²) < 4.78 is 10.1. The fourth-order valence-corrected chi connectivity index (χ4v) is 4.15. The predicted octanol–water partition coefficient (Wildman–Crippen LogP) is 3.99. The van der Waals surface area contributed by atoms with Crippen molar-refractivity contribution in [1.82, 2.24) is 15.5 Å². The van der Waals surface area contributed by atoms with Crippen LogP contribution in [0.4, 0.5) is 4.79 Å². The molecule has 2 unspecified atom stereocenters. The number of aryl methyl sites for hydroxylation is 1. The summed E-state index contributed by atoms with van der Waals surface area (Å²) in [7, 11) is 1.24. The molecule has 208 valence electrons. The van der Waals surface area contributed by atoms with Crippen LogP contribution in [0.2, 0.25) is 0 Å². The zero-order chi connectivity index (χ0) is 28.4. The lowest BCUT2D eigenvalue weighted by Crippen LogP contribution is -2.59. The second-order valence-electron chi connectivity index (χ2n) is 10.4. The largest absolute Gasteiger partial charge is 0.468 e.